The van der Waals surface area contributed by atoms with Gasteiger partial charge in [0.05, 0.1) is 5.69 Å². The molecule has 0 amide bonds. The van der Waals surface area contributed by atoms with Crippen LogP contribution in [0, 0.1) is 17.8 Å². The molecule has 2 N–H and O–H groups in total. The van der Waals surface area contributed by atoms with Crippen LogP contribution in [0.3, 0.4) is 0 Å². The summed E-state index contributed by atoms with van der Waals surface area (Å²) in [5, 5.41) is 0. The number of rotatable bonds is 2. The van der Waals surface area contributed by atoms with E-state index in [1.165, 1.54) is 24.5 Å². The van der Waals surface area contributed by atoms with Crippen LogP contribution in [0.4, 0.5) is 13.2 Å². The standard InChI is InChI=1S/C29H16F3N5O/c30-24-13-16(9-11-34-24)22-14-21-25(27(32)36-22)38-23-8-7-15(17-5-3-10-35-26(17)31)12-20(23)29(21)19-6-2-1-4-18(19)28(33)37-29/h1-14H,(H2,33,37)/t29-/m0/s1. The third kappa shape index (κ3) is 3.08. The van der Waals surface area contributed by atoms with Gasteiger partial charge in [0.25, 0.3) is 5.95 Å². The van der Waals surface area contributed by atoms with Gasteiger partial charge < -0.3 is 10.5 Å². The molecule has 7 rings (SSSR count). The van der Waals surface area contributed by atoms with E-state index in [-0.39, 0.29) is 22.8 Å². The van der Waals surface area contributed by atoms with Crippen LogP contribution in [-0.2, 0) is 5.54 Å². The van der Waals surface area contributed by atoms with Crippen LogP contribution in [0.15, 0.2) is 90.2 Å². The Balaban J connectivity index is 1.56. The number of hydrogen-bond donors (Lipinski definition) is 1. The van der Waals surface area contributed by atoms with E-state index >= 15 is 4.39 Å². The Hall–Kier alpha value is -5.05. The third-order valence-electron chi connectivity index (χ3n) is 6.88. The van der Waals surface area contributed by atoms with Crippen LogP contribution in [0.25, 0.3) is 22.4 Å². The largest absolute Gasteiger partial charge is 0.452 e. The number of ether oxygens (including phenoxy) is 1. The van der Waals surface area contributed by atoms with Crippen LogP contribution in [-0.4, -0.2) is 20.8 Å². The normalized spacial score (nSPS) is 16.9. The molecule has 1 atom stereocenters. The predicted molar refractivity (Wildman–Crippen MR) is 134 cm³/mol. The minimum atomic E-state index is -1.33. The zero-order valence-corrected chi connectivity index (χ0v) is 19.5. The molecule has 5 aromatic rings. The Morgan fingerprint density at radius 1 is 0.711 bits per heavy atom. The number of aliphatic imine (C=N–C) groups is 1. The summed E-state index contributed by atoms with van der Waals surface area (Å²) in [6, 6.07) is 20.0. The Kier molecular flexibility index (Phi) is 4.65. The number of nitrogens with zero attached hydrogens (tertiary/aromatic N) is 4. The summed E-state index contributed by atoms with van der Waals surface area (Å²) in [6.07, 6.45) is 2.65. The van der Waals surface area contributed by atoms with E-state index in [9.17, 15) is 8.78 Å². The molecule has 9 heteroatoms. The van der Waals surface area contributed by atoms with Gasteiger partial charge in [-0.05, 0) is 47.5 Å². The number of fused-ring (bicyclic) bond motifs is 6. The first-order valence-electron chi connectivity index (χ1n) is 11.7. The third-order valence-corrected chi connectivity index (χ3v) is 6.88. The Morgan fingerprint density at radius 3 is 2.39 bits per heavy atom. The number of halogens is 3. The molecule has 0 aliphatic carbocycles. The van der Waals surface area contributed by atoms with Crippen LogP contribution < -0.4 is 10.5 Å². The summed E-state index contributed by atoms with van der Waals surface area (Å²) in [5.74, 6) is -1.79. The van der Waals surface area contributed by atoms with Gasteiger partial charge in [0.15, 0.2) is 5.75 Å². The van der Waals surface area contributed by atoms with Gasteiger partial charge in [-0.25, -0.2) is 19.9 Å². The van der Waals surface area contributed by atoms with Crippen molar-refractivity contribution >= 4 is 5.84 Å². The Morgan fingerprint density at radius 2 is 1.55 bits per heavy atom. The first-order chi connectivity index (χ1) is 18.5. The summed E-state index contributed by atoms with van der Waals surface area (Å²) < 4.78 is 50.3. The van der Waals surface area contributed by atoms with Gasteiger partial charge >= 0.3 is 0 Å². The number of amidine groups is 1. The second-order valence-corrected chi connectivity index (χ2v) is 8.95. The fraction of sp³-hybridized carbons (Fsp3) is 0.0345. The van der Waals surface area contributed by atoms with Crippen molar-refractivity contribution in [2.24, 2.45) is 10.7 Å². The lowest BCUT2D eigenvalue weighted by Crippen LogP contribution is -2.30. The van der Waals surface area contributed by atoms with Gasteiger partial charge in [0.1, 0.15) is 17.1 Å². The van der Waals surface area contributed by atoms with E-state index in [0.717, 1.165) is 0 Å². The van der Waals surface area contributed by atoms with Gasteiger partial charge in [-0.2, -0.15) is 13.2 Å². The van der Waals surface area contributed by atoms with E-state index < -0.39 is 23.4 Å². The smallest absolute Gasteiger partial charge is 0.256 e. The lowest BCUT2D eigenvalue weighted by molar-refractivity contribution is 0.386. The van der Waals surface area contributed by atoms with Gasteiger partial charge in [-0.15, -0.1) is 0 Å². The van der Waals surface area contributed by atoms with E-state index in [2.05, 4.69) is 15.0 Å². The zero-order chi connectivity index (χ0) is 26.0. The fourth-order valence-corrected chi connectivity index (χ4v) is 5.24. The summed E-state index contributed by atoms with van der Waals surface area (Å²) in [7, 11) is 0. The lowest BCUT2D eigenvalue weighted by atomic mass is 9.75. The fourth-order valence-electron chi connectivity index (χ4n) is 5.24. The summed E-state index contributed by atoms with van der Waals surface area (Å²) in [4.78, 5) is 16.3. The number of nitrogens with two attached hydrogens (primary N) is 1. The molecule has 3 aromatic heterocycles. The molecule has 6 nitrogen and oxygen atoms in total. The highest BCUT2D eigenvalue weighted by molar-refractivity contribution is 6.03. The summed E-state index contributed by atoms with van der Waals surface area (Å²) in [5.41, 5.74) is 8.65. The quantitative estimate of drug-likeness (QED) is 0.308. The minimum Gasteiger partial charge on any atom is -0.452 e. The van der Waals surface area contributed by atoms with Crippen molar-refractivity contribution < 1.29 is 17.9 Å². The number of benzene rings is 2. The summed E-state index contributed by atoms with van der Waals surface area (Å²) in [6.45, 7) is 0. The second kappa shape index (κ2) is 7.97. The van der Waals surface area contributed by atoms with E-state index in [0.29, 0.717) is 39.1 Å². The molecule has 1 spiro atoms. The number of pyridine rings is 3. The van der Waals surface area contributed by atoms with Crippen molar-refractivity contribution in [2.75, 3.05) is 0 Å². The molecule has 0 saturated carbocycles. The van der Waals surface area contributed by atoms with Crippen molar-refractivity contribution in [1.82, 2.24) is 15.0 Å². The maximum Gasteiger partial charge on any atom is 0.256 e. The molecule has 2 aliphatic rings. The van der Waals surface area contributed by atoms with E-state index in [4.69, 9.17) is 15.5 Å². The van der Waals surface area contributed by atoms with E-state index in [1.807, 2.05) is 24.3 Å². The van der Waals surface area contributed by atoms with Crippen LogP contribution in [0.2, 0.25) is 0 Å². The lowest BCUT2D eigenvalue weighted by Gasteiger charge is -2.36. The number of aromatic nitrogens is 3. The Labute approximate surface area is 214 Å². The summed E-state index contributed by atoms with van der Waals surface area (Å²) >= 11 is 0. The maximum absolute atomic E-state index is 15.6. The van der Waals surface area contributed by atoms with Gasteiger partial charge in [0, 0.05) is 46.3 Å². The topological polar surface area (TPSA) is 86.3 Å². The average Bonchev–Trinajstić information content (AvgIpc) is 3.22. The molecule has 184 valence electrons. The molecule has 0 radical (unpaired) electrons. The first kappa shape index (κ1) is 22.2. The minimum absolute atomic E-state index is 0.121. The molecule has 5 heterocycles. The van der Waals surface area contributed by atoms with Crippen molar-refractivity contribution in [3.05, 3.63) is 125 Å². The van der Waals surface area contributed by atoms with Crippen molar-refractivity contribution in [1.29, 1.82) is 0 Å². The molecular weight excluding hydrogens is 491 g/mol. The van der Waals surface area contributed by atoms with Gasteiger partial charge in [-0.3, -0.25) is 0 Å². The molecule has 0 bridgehead atoms. The highest BCUT2D eigenvalue weighted by atomic mass is 19.1. The van der Waals surface area contributed by atoms with Crippen LogP contribution in [0.1, 0.15) is 22.3 Å². The molecule has 2 aromatic carbocycles. The zero-order valence-electron chi connectivity index (χ0n) is 19.5. The predicted octanol–water partition coefficient (Wildman–Crippen LogP) is 5.74. The molecule has 0 saturated heterocycles. The van der Waals surface area contributed by atoms with E-state index in [1.54, 1.807) is 36.4 Å². The molecule has 38 heavy (non-hydrogen) atoms. The SMILES string of the molecule is NC1=N[C@]2(c3cc(-c4cccnc4F)ccc3Oc3c2cc(-c2ccnc(F)c2)nc3F)c2ccccc21. The monoisotopic (exact) mass is 507 g/mol. The highest BCUT2D eigenvalue weighted by Crippen LogP contribution is 2.57. The molecule has 0 fully saturated rings. The van der Waals surface area contributed by atoms with Crippen molar-refractivity contribution in [3.63, 3.8) is 0 Å². The van der Waals surface area contributed by atoms with Crippen molar-refractivity contribution in [3.8, 4) is 33.9 Å². The number of hydrogen-bond acceptors (Lipinski definition) is 6. The molecule has 0 unspecified atom stereocenters. The molecular formula is C29H16F3N5O. The highest BCUT2D eigenvalue weighted by Gasteiger charge is 2.50. The van der Waals surface area contributed by atoms with Crippen molar-refractivity contribution in [2.45, 2.75) is 5.54 Å². The Bertz CT molecular complexity index is 1820. The van der Waals surface area contributed by atoms with Crippen LogP contribution in [0.5, 0.6) is 11.5 Å². The van der Waals surface area contributed by atoms with Crippen LogP contribution >= 0.6 is 0 Å². The molecule has 2 aliphatic heterocycles. The average molecular weight is 507 g/mol. The van der Waals surface area contributed by atoms with Gasteiger partial charge in [0.2, 0.25) is 11.9 Å². The maximum atomic E-state index is 15.6. The first-order valence-corrected chi connectivity index (χ1v) is 11.7. The second-order valence-electron chi connectivity index (χ2n) is 8.95. The van der Waals surface area contributed by atoms with Gasteiger partial charge in [-0.1, -0.05) is 30.3 Å².